The molecule has 5 heteroatoms. The van der Waals surface area contributed by atoms with Gasteiger partial charge in [-0.2, -0.15) is 0 Å². The number of rotatable bonds is 2. The van der Waals surface area contributed by atoms with Crippen LogP contribution in [-0.2, 0) is 0 Å². The Morgan fingerprint density at radius 2 is 2.20 bits per heavy atom. The molecule has 0 saturated heterocycles. The summed E-state index contributed by atoms with van der Waals surface area (Å²) in [5.74, 6) is -0.533. The Bertz CT molecular complexity index is 490. The van der Waals surface area contributed by atoms with E-state index in [1.807, 2.05) is 0 Å². The molecule has 1 aromatic carbocycles. The second-order valence-corrected chi connectivity index (χ2v) is 3.11. The standard InChI is InChI=1S/C10H10N4O/c11-9-2-1-7(5-8(9)10(12)15)14-4-3-13-6-14/h1-6H,11H2,(H2,12,15). The molecule has 1 amide bonds. The van der Waals surface area contributed by atoms with Crippen LogP contribution in [-0.4, -0.2) is 15.5 Å². The molecule has 0 aliphatic heterocycles. The van der Waals surface area contributed by atoms with Gasteiger partial charge in [0, 0.05) is 23.8 Å². The lowest BCUT2D eigenvalue weighted by Gasteiger charge is -2.06. The molecule has 2 rings (SSSR count). The van der Waals surface area contributed by atoms with Crippen molar-refractivity contribution >= 4 is 11.6 Å². The Balaban J connectivity index is 2.52. The SMILES string of the molecule is NC(=O)c1cc(-n2ccnc2)ccc1N. The maximum atomic E-state index is 11.1. The number of carbonyl (C=O) groups excluding carboxylic acids is 1. The van der Waals surface area contributed by atoms with Gasteiger partial charge in [0.05, 0.1) is 11.9 Å². The predicted molar refractivity (Wildman–Crippen MR) is 56.5 cm³/mol. The molecular weight excluding hydrogens is 192 g/mol. The highest BCUT2D eigenvalue weighted by Gasteiger charge is 2.07. The normalized spacial score (nSPS) is 10.1. The van der Waals surface area contributed by atoms with Gasteiger partial charge in [0.2, 0.25) is 0 Å². The van der Waals surface area contributed by atoms with Gasteiger partial charge in [-0.3, -0.25) is 4.79 Å². The second kappa shape index (κ2) is 3.45. The molecule has 0 aliphatic rings. The first-order valence-electron chi connectivity index (χ1n) is 4.36. The fourth-order valence-electron chi connectivity index (χ4n) is 1.33. The molecule has 4 N–H and O–H groups in total. The monoisotopic (exact) mass is 202 g/mol. The van der Waals surface area contributed by atoms with Crippen molar-refractivity contribution in [1.82, 2.24) is 9.55 Å². The first kappa shape index (κ1) is 9.26. The molecule has 1 heterocycles. The van der Waals surface area contributed by atoms with Crippen LogP contribution >= 0.6 is 0 Å². The van der Waals surface area contributed by atoms with Crippen molar-refractivity contribution in [1.29, 1.82) is 0 Å². The third-order valence-electron chi connectivity index (χ3n) is 2.10. The predicted octanol–water partition coefficient (Wildman–Crippen LogP) is 0.553. The maximum Gasteiger partial charge on any atom is 0.250 e. The molecular formula is C10H10N4O. The van der Waals surface area contributed by atoms with E-state index >= 15 is 0 Å². The Morgan fingerprint density at radius 1 is 1.40 bits per heavy atom. The molecule has 0 atom stereocenters. The van der Waals surface area contributed by atoms with E-state index in [0.29, 0.717) is 11.3 Å². The van der Waals surface area contributed by atoms with E-state index < -0.39 is 5.91 Å². The topological polar surface area (TPSA) is 86.9 Å². The first-order chi connectivity index (χ1) is 7.18. The summed E-state index contributed by atoms with van der Waals surface area (Å²) in [6.07, 6.45) is 5.06. The number of aromatic nitrogens is 2. The number of anilines is 1. The van der Waals surface area contributed by atoms with Crippen molar-refractivity contribution in [2.75, 3.05) is 5.73 Å². The fraction of sp³-hybridized carbons (Fsp3) is 0. The van der Waals surface area contributed by atoms with Gasteiger partial charge in [0.15, 0.2) is 0 Å². The van der Waals surface area contributed by atoms with Gasteiger partial charge in [-0.25, -0.2) is 4.98 Å². The molecule has 76 valence electrons. The second-order valence-electron chi connectivity index (χ2n) is 3.11. The van der Waals surface area contributed by atoms with E-state index in [1.54, 1.807) is 41.5 Å². The zero-order chi connectivity index (χ0) is 10.8. The number of carbonyl (C=O) groups is 1. The average molecular weight is 202 g/mol. The fourth-order valence-corrected chi connectivity index (χ4v) is 1.33. The van der Waals surface area contributed by atoms with Crippen LogP contribution in [0.3, 0.4) is 0 Å². The van der Waals surface area contributed by atoms with E-state index in [2.05, 4.69) is 4.98 Å². The molecule has 5 nitrogen and oxygen atoms in total. The van der Waals surface area contributed by atoms with Gasteiger partial charge >= 0.3 is 0 Å². The summed E-state index contributed by atoms with van der Waals surface area (Å²) in [5.41, 5.74) is 12.3. The van der Waals surface area contributed by atoms with Gasteiger partial charge in [0.25, 0.3) is 5.91 Å². The van der Waals surface area contributed by atoms with E-state index in [0.717, 1.165) is 5.69 Å². The Morgan fingerprint density at radius 3 is 2.80 bits per heavy atom. The summed E-state index contributed by atoms with van der Waals surface area (Å²) in [7, 11) is 0. The van der Waals surface area contributed by atoms with E-state index in [4.69, 9.17) is 11.5 Å². The molecule has 2 aromatic rings. The van der Waals surface area contributed by atoms with Crippen molar-refractivity contribution in [3.63, 3.8) is 0 Å². The van der Waals surface area contributed by atoms with Crippen molar-refractivity contribution < 1.29 is 4.79 Å². The van der Waals surface area contributed by atoms with Gasteiger partial charge in [-0.05, 0) is 18.2 Å². The van der Waals surface area contributed by atoms with Crippen molar-refractivity contribution in [2.45, 2.75) is 0 Å². The lowest BCUT2D eigenvalue weighted by Crippen LogP contribution is -2.14. The van der Waals surface area contributed by atoms with Gasteiger partial charge in [-0.1, -0.05) is 0 Å². The molecule has 0 saturated carbocycles. The van der Waals surface area contributed by atoms with Crippen LogP contribution in [0.25, 0.3) is 5.69 Å². The van der Waals surface area contributed by atoms with Crippen LogP contribution in [0, 0.1) is 0 Å². The summed E-state index contributed by atoms with van der Waals surface area (Å²) in [4.78, 5) is 15.0. The van der Waals surface area contributed by atoms with Crippen LogP contribution in [0.15, 0.2) is 36.9 Å². The Kier molecular flexibility index (Phi) is 2.13. The third kappa shape index (κ3) is 1.67. The minimum atomic E-state index is -0.533. The number of benzene rings is 1. The summed E-state index contributed by atoms with van der Waals surface area (Å²) < 4.78 is 1.77. The number of nitrogens with zero attached hydrogens (tertiary/aromatic N) is 2. The number of hydrogen-bond donors (Lipinski definition) is 2. The molecule has 0 fully saturated rings. The molecule has 0 bridgehead atoms. The van der Waals surface area contributed by atoms with Gasteiger partial charge in [-0.15, -0.1) is 0 Å². The smallest absolute Gasteiger partial charge is 0.250 e. The highest BCUT2D eigenvalue weighted by molar-refractivity contribution is 5.98. The van der Waals surface area contributed by atoms with Crippen LogP contribution in [0.4, 0.5) is 5.69 Å². The van der Waals surface area contributed by atoms with Crippen molar-refractivity contribution in [2.24, 2.45) is 5.73 Å². The number of primary amides is 1. The Hall–Kier alpha value is -2.30. The summed E-state index contributed by atoms with van der Waals surface area (Å²) in [6, 6.07) is 5.08. The minimum absolute atomic E-state index is 0.321. The van der Waals surface area contributed by atoms with Crippen molar-refractivity contribution in [3.05, 3.63) is 42.5 Å². The number of amides is 1. The molecule has 1 aromatic heterocycles. The molecule has 0 aliphatic carbocycles. The van der Waals surface area contributed by atoms with Gasteiger partial charge < -0.3 is 16.0 Å². The molecule has 0 unspecified atom stereocenters. The summed E-state index contributed by atoms with van der Waals surface area (Å²) in [6.45, 7) is 0. The highest BCUT2D eigenvalue weighted by Crippen LogP contribution is 2.16. The van der Waals surface area contributed by atoms with Crippen LogP contribution in [0.5, 0.6) is 0 Å². The Labute approximate surface area is 86.3 Å². The van der Waals surface area contributed by atoms with Crippen molar-refractivity contribution in [3.8, 4) is 5.69 Å². The number of imidazole rings is 1. The largest absolute Gasteiger partial charge is 0.398 e. The molecule has 15 heavy (non-hydrogen) atoms. The average Bonchev–Trinajstić information content (AvgIpc) is 2.71. The summed E-state index contributed by atoms with van der Waals surface area (Å²) >= 11 is 0. The lowest BCUT2D eigenvalue weighted by atomic mass is 10.1. The highest BCUT2D eigenvalue weighted by atomic mass is 16.1. The number of nitrogen functional groups attached to an aromatic ring is 1. The first-order valence-corrected chi connectivity index (χ1v) is 4.36. The minimum Gasteiger partial charge on any atom is -0.398 e. The van der Waals surface area contributed by atoms with Gasteiger partial charge in [0.1, 0.15) is 0 Å². The quantitative estimate of drug-likeness (QED) is 0.697. The van der Waals surface area contributed by atoms with E-state index in [9.17, 15) is 4.79 Å². The summed E-state index contributed by atoms with van der Waals surface area (Å²) in [5, 5.41) is 0. The van der Waals surface area contributed by atoms with Crippen LogP contribution < -0.4 is 11.5 Å². The molecule has 0 spiro atoms. The number of hydrogen-bond acceptors (Lipinski definition) is 3. The molecule has 0 radical (unpaired) electrons. The van der Waals surface area contributed by atoms with E-state index in [1.165, 1.54) is 0 Å². The maximum absolute atomic E-state index is 11.1. The van der Waals surface area contributed by atoms with Crippen LogP contribution in [0.1, 0.15) is 10.4 Å². The number of nitrogens with two attached hydrogens (primary N) is 2. The van der Waals surface area contributed by atoms with E-state index in [-0.39, 0.29) is 0 Å². The zero-order valence-electron chi connectivity index (χ0n) is 7.92. The zero-order valence-corrected chi connectivity index (χ0v) is 7.92. The third-order valence-corrected chi connectivity index (χ3v) is 2.10. The lowest BCUT2D eigenvalue weighted by molar-refractivity contribution is 0.100. The van der Waals surface area contributed by atoms with Crippen LogP contribution in [0.2, 0.25) is 0 Å².